The average Bonchev–Trinajstić information content (AvgIpc) is 2.67. The Bertz CT molecular complexity index is 933. The van der Waals surface area contributed by atoms with Crippen LogP contribution in [0.25, 0.3) is 0 Å². The predicted octanol–water partition coefficient (Wildman–Crippen LogP) is 3.44. The van der Waals surface area contributed by atoms with Gasteiger partial charge in [-0.1, -0.05) is 45.7 Å². The molecule has 9 heteroatoms. The Morgan fingerprint density at radius 3 is 2.39 bits per heavy atom. The van der Waals surface area contributed by atoms with E-state index in [4.69, 9.17) is 11.6 Å². The molecule has 0 radical (unpaired) electrons. The second kappa shape index (κ2) is 9.37. The van der Waals surface area contributed by atoms with Gasteiger partial charge in [-0.25, -0.2) is 8.42 Å². The molecule has 0 aromatic heterocycles. The highest BCUT2D eigenvalue weighted by atomic mass is 79.9. The predicted molar refractivity (Wildman–Crippen MR) is 114 cm³/mol. The lowest BCUT2D eigenvalue weighted by atomic mass is 10.3. The standard InChI is InChI=1S/C19H21BrClN3O3S/c20-15-6-7-18(17(21)14-15)28(26,27)24-12-10-23(11-13-24)9-8-19(25)22-16-4-2-1-3-5-16/h1-7,14H,8-13H2,(H,22,25). The quantitative estimate of drug-likeness (QED) is 0.679. The average molecular weight is 487 g/mol. The summed E-state index contributed by atoms with van der Waals surface area (Å²) in [5.41, 5.74) is 0.773. The number of hydrogen-bond donors (Lipinski definition) is 1. The molecule has 150 valence electrons. The van der Waals surface area contributed by atoms with Crippen molar-refractivity contribution in [2.75, 3.05) is 38.0 Å². The van der Waals surface area contributed by atoms with Crippen LogP contribution in [-0.2, 0) is 14.8 Å². The summed E-state index contributed by atoms with van der Waals surface area (Å²) in [4.78, 5) is 14.3. The van der Waals surface area contributed by atoms with E-state index in [0.29, 0.717) is 39.1 Å². The molecule has 1 N–H and O–H groups in total. The number of benzene rings is 2. The maximum atomic E-state index is 12.8. The Labute approximate surface area is 178 Å². The maximum absolute atomic E-state index is 12.8. The summed E-state index contributed by atoms with van der Waals surface area (Å²) in [6, 6.07) is 14.1. The zero-order valence-corrected chi connectivity index (χ0v) is 18.3. The van der Waals surface area contributed by atoms with Crippen molar-refractivity contribution in [3.8, 4) is 0 Å². The Kier molecular flexibility index (Phi) is 7.11. The van der Waals surface area contributed by atoms with Crippen LogP contribution in [0, 0.1) is 0 Å². The van der Waals surface area contributed by atoms with E-state index in [1.54, 1.807) is 12.1 Å². The molecular weight excluding hydrogens is 466 g/mol. The molecule has 0 spiro atoms. The third-order valence-corrected chi connectivity index (χ3v) is 7.43. The van der Waals surface area contributed by atoms with E-state index in [-0.39, 0.29) is 15.8 Å². The molecule has 1 fully saturated rings. The molecule has 0 saturated carbocycles. The molecule has 1 aliphatic heterocycles. The third kappa shape index (κ3) is 5.33. The summed E-state index contributed by atoms with van der Waals surface area (Å²) in [7, 11) is -3.63. The van der Waals surface area contributed by atoms with E-state index >= 15 is 0 Å². The first-order valence-electron chi connectivity index (χ1n) is 8.89. The molecule has 1 aliphatic rings. The van der Waals surface area contributed by atoms with Gasteiger partial charge in [0.15, 0.2) is 0 Å². The summed E-state index contributed by atoms with van der Waals surface area (Å²) < 4.78 is 27.9. The van der Waals surface area contributed by atoms with Gasteiger partial charge in [-0.3, -0.25) is 4.79 Å². The lowest BCUT2D eigenvalue weighted by Crippen LogP contribution is -2.49. The summed E-state index contributed by atoms with van der Waals surface area (Å²) in [5, 5.41) is 3.06. The van der Waals surface area contributed by atoms with Gasteiger partial charge < -0.3 is 10.2 Å². The third-order valence-electron chi connectivity index (χ3n) is 4.56. The van der Waals surface area contributed by atoms with E-state index in [0.717, 1.165) is 10.2 Å². The fraction of sp³-hybridized carbons (Fsp3) is 0.316. The van der Waals surface area contributed by atoms with Crippen molar-refractivity contribution in [2.24, 2.45) is 0 Å². The first-order chi connectivity index (χ1) is 13.4. The van der Waals surface area contributed by atoms with Gasteiger partial charge in [0.1, 0.15) is 4.90 Å². The first kappa shape index (κ1) is 21.3. The smallest absolute Gasteiger partial charge is 0.244 e. The Morgan fingerprint density at radius 2 is 1.75 bits per heavy atom. The van der Waals surface area contributed by atoms with Crippen molar-refractivity contribution < 1.29 is 13.2 Å². The normalized spacial score (nSPS) is 16.1. The fourth-order valence-electron chi connectivity index (χ4n) is 3.02. The molecule has 2 aromatic carbocycles. The zero-order valence-electron chi connectivity index (χ0n) is 15.1. The molecule has 28 heavy (non-hydrogen) atoms. The lowest BCUT2D eigenvalue weighted by Gasteiger charge is -2.34. The van der Waals surface area contributed by atoms with Crippen LogP contribution in [0.15, 0.2) is 57.9 Å². The number of piperazine rings is 1. The highest BCUT2D eigenvalue weighted by Crippen LogP contribution is 2.28. The van der Waals surface area contributed by atoms with E-state index in [1.807, 2.05) is 30.3 Å². The number of para-hydroxylation sites is 1. The highest BCUT2D eigenvalue weighted by Gasteiger charge is 2.30. The monoisotopic (exact) mass is 485 g/mol. The van der Waals surface area contributed by atoms with Gasteiger partial charge in [0.2, 0.25) is 15.9 Å². The minimum absolute atomic E-state index is 0.0529. The number of nitrogens with zero attached hydrogens (tertiary/aromatic N) is 2. The SMILES string of the molecule is O=C(CCN1CCN(S(=O)(=O)c2ccc(Br)cc2Cl)CC1)Nc1ccccc1. The number of amides is 1. The number of halogens is 2. The summed E-state index contributed by atoms with van der Waals surface area (Å²) >= 11 is 9.41. The fourth-order valence-corrected chi connectivity index (χ4v) is 5.46. The van der Waals surface area contributed by atoms with Crippen molar-refractivity contribution in [1.29, 1.82) is 0 Å². The molecule has 0 bridgehead atoms. The largest absolute Gasteiger partial charge is 0.326 e. The van der Waals surface area contributed by atoms with E-state index < -0.39 is 10.0 Å². The van der Waals surface area contributed by atoms with Gasteiger partial charge in [0.25, 0.3) is 0 Å². The number of nitrogens with one attached hydrogen (secondary N) is 1. The van der Waals surface area contributed by atoms with Crippen LogP contribution < -0.4 is 5.32 Å². The van der Waals surface area contributed by atoms with Crippen LogP contribution in [0.4, 0.5) is 5.69 Å². The van der Waals surface area contributed by atoms with Gasteiger partial charge in [0.05, 0.1) is 5.02 Å². The van der Waals surface area contributed by atoms with E-state index in [2.05, 4.69) is 26.1 Å². The molecule has 1 heterocycles. The lowest BCUT2D eigenvalue weighted by molar-refractivity contribution is -0.116. The molecule has 1 amide bonds. The minimum atomic E-state index is -3.63. The maximum Gasteiger partial charge on any atom is 0.244 e. The molecule has 6 nitrogen and oxygen atoms in total. The number of carbonyl (C=O) groups excluding carboxylic acids is 1. The van der Waals surface area contributed by atoms with Crippen LogP contribution in [0.1, 0.15) is 6.42 Å². The molecule has 0 unspecified atom stereocenters. The van der Waals surface area contributed by atoms with Crippen LogP contribution in [-0.4, -0.2) is 56.3 Å². The molecule has 0 atom stereocenters. The topological polar surface area (TPSA) is 69.7 Å². The molecular formula is C19H21BrClN3O3S. The molecule has 2 aromatic rings. The van der Waals surface area contributed by atoms with Gasteiger partial charge in [-0.15, -0.1) is 0 Å². The van der Waals surface area contributed by atoms with Crippen LogP contribution >= 0.6 is 27.5 Å². The van der Waals surface area contributed by atoms with Gasteiger partial charge in [0, 0.05) is 49.3 Å². The van der Waals surface area contributed by atoms with Crippen molar-refractivity contribution in [3.05, 3.63) is 58.0 Å². The van der Waals surface area contributed by atoms with Gasteiger partial charge in [-0.05, 0) is 30.3 Å². The first-order valence-corrected chi connectivity index (χ1v) is 11.5. The Balaban J connectivity index is 1.50. The van der Waals surface area contributed by atoms with Crippen molar-refractivity contribution >= 4 is 49.1 Å². The van der Waals surface area contributed by atoms with Crippen molar-refractivity contribution in [2.45, 2.75) is 11.3 Å². The van der Waals surface area contributed by atoms with Crippen LogP contribution in [0.5, 0.6) is 0 Å². The highest BCUT2D eigenvalue weighted by molar-refractivity contribution is 9.10. The van der Waals surface area contributed by atoms with E-state index in [1.165, 1.54) is 10.4 Å². The van der Waals surface area contributed by atoms with Crippen molar-refractivity contribution in [1.82, 2.24) is 9.21 Å². The van der Waals surface area contributed by atoms with Gasteiger partial charge >= 0.3 is 0 Å². The zero-order chi connectivity index (χ0) is 20.1. The van der Waals surface area contributed by atoms with Gasteiger partial charge in [-0.2, -0.15) is 4.31 Å². The Hall–Kier alpha value is -1.45. The second-order valence-electron chi connectivity index (χ2n) is 6.48. The number of anilines is 1. The molecule has 0 aliphatic carbocycles. The summed E-state index contributed by atoms with van der Waals surface area (Å²) in [6.07, 6.45) is 0.361. The Morgan fingerprint density at radius 1 is 1.07 bits per heavy atom. The number of hydrogen-bond acceptors (Lipinski definition) is 4. The van der Waals surface area contributed by atoms with Crippen molar-refractivity contribution in [3.63, 3.8) is 0 Å². The van der Waals surface area contributed by atoms with Crippen LogP contribution in [0.3, 0.4) is 0 Å². The second-order valence-corrected chi connectivity index (χ2v) is 9.71. The summed E-state index contributed by atoms with van der Waals surface area (Å²) in [6.45, 7) is 2.48. The molecule has 1 saturated heterocycles. The van der Waals surface area contributed by atoms with E-state index in [9.17, 15) is 13.2 Å². The van der Waals surface area contributed by atoms with Crippen LogP contribution in [0.2, 0.25) is 5.02 Å². The number of sulfonamides is 1. The number of rotatable bonds is 6. The number of carbonyl (C=O) groups is 1. The molecule has 3 rings (SSSR count). The summed E-state index contributed by atoms with van der Waals surface area (Å²) in [5.74, 6) is -0.0529. The minimum Gasteiger partial charge on any atom is -0.326 e.